The van der Waals surface area contributed by atoms with Crippen LogP contribution in [0.15, 0.2) is 40.9 Å². The summed E-state index contributed by atoms with van der Waals surface area (Å²) in [7, 11) is 3.14. The van der Waals surface area contributed by atoms with Gasteiger partial charge in [-0.15, -0.1) is 0 Å². The number of carbonyl (C=O) groups excluding carboxylic acids is 1. The predicted molar refractivity (Wildman–Crippen MR) is 105 cm³/mol. The smallest absolute Gasteiger partial charge is 0.338 e. The molecular weight excluding hydrogens is 372 g/mol. The van der Waals surface area contributed by atoms with Gasteiger partial charge in [-0.1, -0.05) is 11.2 Å². The minimum absolute atomic E-state index is 0.0958. The first-order valence-corrected chi connectivity index (χ1v) is 9.52. The molecular formula is C22H22N2O5. The number of benzene rings is 2. The van der Waals surface area contributed by atoms with Crippen LogP contribution in [0.1, 0.15) is 40.2 Å². The van der Waals surface area contributed by atoms with E-state index < -0.39 is 5.97 Å². The summed E-state index contributed by atoms with van der Waals surface area (Å²) in [6, 6.07) is 11.1. The molecule has 1 aliphatic carbocycles. The molecule has 0 saturated carbocycles. The van der Waals surface area contributed by atoms with Crippen LogP contribution in [0.2, 0.25) is 0 Å². The highest BCUT2D eigenvalue weighted by atomic mass is 16.6. The van der Waals surface area contributed by atoms with Crippen molar-refractivity contribution in [3.63, 3.8) is 0 Å². The van der Waals surface area contributed by atoms with Crippen molar-refractivity contribution >= 4 is 5.97 Å². The number of esters is 1. The average molecular weight is 394 g/mol. The van der Waals surface area contributed by atoms with Crippen LogP contribution in [-0.4, -0.2) is 30.3 Å². The van der Waals surface area contributed by atoms with Crippen LogP contribution in [-0.2, 0) is 24.2 Å². The van der Waals surface area contributed by atoms with Crippen molar-refractivity contribution in [2.24, 2.45) is 0 Å². The SMILES string of the molecule is COc1ccc(-c2noc(COC(=O)c3ccc4c(c3)CCCC4)n2)c(OC)c1. The summed E-state index contributed by atoms with van der Waals surface area (Å²) < 4.78 is 21.1. The van der Waals surface area contributed by atoms with Crippen molar-refractivity contribution in [1.82, 2.24) is 10.1 Å². The Morgan fingerprint density at radius 2 is 1.86 bits per heavy atom. The zero-order valence-electron chi connectivity index (χ0n) is 16.4. The molecule has 7 nitrogen and oxygen atoms in total. The summed E-state index contributed by atoms with van der Waals surface area (Å²) in [4.78, 5) is 16.7. The third-order valence-electron chi connectivity index (χ3n) is 5.03. The van der Waals surface area contributed by atoms with Crippen LogP contribution >= 0.6 is 0 Å². The maximum Gasteiger partial charge on any atom is 0.338 e. The van der Waals surface area contributed by atoms with Gasteiger partial charge in [0.15, 0.2) is 6.61 Å². The van der Waals surface area contributed by atoms with E-state index in [1.165, 1.54) is 17.5 Å². The number of fused-ring (bicyclic) bond motifs is 1. The van der Waals surface area contributed by atoms with Crippen LogP contribution < -0.4 is 9.47 Å². The quantitative estimate of drug-likeness (QED) is 0.585. The van der Waals surface area contributed by atoms with Gasteiger partial charge < -0.3 is 18.7 Å². The minimum atomic E-state index is -0.403. The molecule has 0 amide bonds. The Labute approximate surface area is 168 Å². The van der Waals surface area contributed by atoms with Crippen LogP contribution in [0.5, 0.6) is 11.5 Å². The van der Waals surface area contributed by atoms with Gasteiger partial charge in [0, 0.05) is 6.07 Å². The molecule has 1 aromatic heterocycles. The van der Waals surface area contributed by atoms with E-state index >= 15 is 0 Å². The molecule has 0 atom stereocenters. The van der Waals surface area contributed by atoms with Gasteiger partial charge in [-0.05, 0) is 61.1 Å². The molecule has 0 fully saturated rings. The molecule has 0 spiro atoms. The van der Waals surface area contributed by atoms with Gasteiger partial charge >= 0.3 is 5.97 Å². The lowest BCUT2D eigenvalue weighted by Crippen LogP contribution is -2.09. The lowest BCUT2D eigenvalue weighted by atomic mass is 9.90. The standard InChI is InChI=1S/C22H22N2O5/c1-26-17-9-10-18(19(12-17)27-2)21-23-20(29-24-21)13-28-22(25)16-8-7-14-5-3-4-6-15(14)11-16/h7-12H,3-6,13H2,1-2H3. The Hall–Kier alpha value is -3.35. The van der Waals surface area contributed by atoms with Crippen LogP contribution in [0.25, 0.3) is 11.4 Å². The van der Waals surface area contributed by atoms with Gasteiger partial charge in [-0.3, -0.25) is 0 Å². The van der Waals surface area contributed by atoms with E-state index in [4.69, 9.17) is 18.7 Å². The van der Waals surface area contributed by atoms with Crippen molar-refractivity contribution in [2.45, 2.75) is 32.3 Å². The van der Waals surface area contributed by atoms with Gasteiger partial charge in [0.25, 0.3) is 5.89 Å². The molecule has 0 N–H and O–H groups in total. The average Bonchev–Trinajstić information content (AvgIpc) is 3.25. The fraction of sp³-hybridized carbons (Fsp3) is 0.318. The van der Waals surface area contributed by atoms with Gasteiger partial charge in [0.05, 0.1) is 25.3 Å². The Morgan fingerprint density at radius 1 is 1.03 bits per heavy atom. The molecule has 1 heterocycles. The molecule has 0 aliphatic heterocycles. The van der Waals surface area contributed by atoms with Crippen molar-refractivity contribution in [1.29, 1.82) is 0 Å². The zero-order valence-corrected chi connectivity index (χ0v) is 16.4. The maximum atomic E-state index is 12.4. The monoisotopic (exact) mass is 394 g/mol. The fourth-order valence-electron chi connectivity index (χ4n) is 3.48. The number of methoxy groups -OCH3 is 2. The molecule has 3 aromatic rings. The second-order valence-corrected chi connectivity index (χ2v) is 6.84. The predicted octanol–water partition coefficient (Wildman–Crippen LogP) is 3.99. The number of ether oxygens (including phenoxy) is 3. The highest BCUT2D eigenvalue weighted by Crippen LogP contribution is 2.31. The van der Waals surface area contributed by atoms with E-state index in [9.17, 15) is 4.79 Å². The molecule has 7 heteroatoms. The Bertz CT molecular complexity index is 1030. The highest BCUT2D eigenvalue weighted by molar-refractivity contribution is 5.89. The first-order valence-electron chi connectivity index (χ1n) is 9.52. The number of aromatic nitrogens is 2. The third kappa shape index (κ3) is 4.08. The van der Waals surface area contributed by atoms with Gasteiger partial charge in [-0.2, -0.15) is 4.98 Å². The van der Waals surface area contributed by atoms with E-state index in [0.29, 0.717) is 28.5 Å². The molecule has 0 bridgehead atoms. The molecule has 29 heavy (non-hydrogen) atoms. The highest BCUT2D eigenvalue weighted by Gasteiger charge is 2.17. The number of rotatable bonds is 6. The second-order valence-electron chi connectivity index (χ2n) is 6.84. The summed E-state index contributed by atoms with van der Waals surface area (Å²) >= 11 is 0. The number of nitrogens with zero attached hydrogens (tertiary/aromatic N) is 2. The number of hydrogen-bond donors (Lipinski definition) is 0. The summed E-state index contributed by atoms with van der Waals surface area (Å²) in [6.45, 7) is -0.0958. The van der Waals surface area contributed by atoms with Crippen LogP contribution in [0.3, 0.4) is 0 Å². The summed E-state index contributed by atoms with van der Waals surface area (Å²) in [5, 5.41) is 3.96. The lowest BCUT2D eigenvalue weighted by Gasteiger charge is -2.16. The maximum absolute atomic E-state index is 12.4. The normalized spacial score (nSPS) is 12.9. The number of carbonyl (C=O) groups is 1. The fourth-order valence-corrected chi connectivity index (χ4v) is 3.48. The third-order valence-corrected chi connectivity index (χ3v) is 5.03. The van der Waals surface area contributed by atoms with E-state index in [2.05, 4.69) is 10.1 Å². The molecule has 0 unspecified atom stereocenters. The number of hydrogen-bond acceptors (Lipinski definition) is 7. The van der Waals surface area contributed by atoms with E-state index in [1.807, 2.05) is 18.2 Å². The van der Waals surface area contributed by atoms with Crippen molar-refractivity contribution in [3.8, 4) is 22.9 Å². The van der Waals surface area contributed by atoms with E-state index in [-0.39, 0.29) is 12.5 Å². The summed E-state index contributed by atoms with van der Waals surface area (Å²) in [5.41, 5.74) is 3.76. The van der Waals surface area contributed by atoms with Crippen molar-refractivity contribution < 1.29 is 23.5 Å². The van der Waals surface area contributed by atoms with Crippen LogP contribution in [0.4, 0.5) is 0 Å². The van der Waals surface area contributed by atoms with E-state index in [0.717, 1.165) is 19.3 Å². The molecule has 0 radical (unpaired) electrons. The summed E-state index contributed by atoms with van der Waals surface area (Å²) in [6.07, 6.45) is 4.44. The molecule has 4 rings (SSSR count). The molecule has 150 valence electrons. The van der Waals surface area contributed by atoms with Gasteiger partial charge in [0.2, 0.25) is 5.82 Å². The van der Waals surface area contributed by atoms with Gasteiger partial charge in [-0.25, -0.2) is 4.79 Å². The Morgan fingerprint density at radius 3 is 2.66 bits per heavy atom. The topological polar surface area (TPSA) is 83.7 Å². The van der Waals surface area contributed by atoms with Gasteiger partial charge in [0.1, 0.15) is 11.5 Å². The molecule has 2 aromatic carbocycles. The lowest BCUT2D eigenvalue weighted by molar-refractivity contribution is 0.0429. The molecule has 0 saturated heterocycles. The Balaban J connectivity index is 1.44. The second kappa shape index (κ2) is 8.34. The Kier molecular flexibility index (Phi) is 5.46. The minimum Gasteiger partial charge on any atom is -0.497 e. The van der Waals surface area contributed by atoms with E-state index in [1.54, 1.807) is 32.4 Å². The van der Waals surface area contributed by atoms with Crippen molar-refractivity contribution in [3.05, 3.63) is 59.0 Å². The number of aryl methyl sites for hydroxylation is 2. The zero-order chi connectivity index (χ0) is 20.2. The van der Waals surface area contributed by atoms with Crippen LogP contribution in [0, 0.1) is 0 Å². The van der Waals surface area contributed by atoms with Crippen molar-refractivity contribution in [2.75, 3.05) is 14.2 Å². The first kappa shape index (κ1) is 19.0. The summed E-state index contributed by atoms with van der Waals surface area (Å²) in [5.74, 6) is 1.38. The largest absolute Gasteiger partial charge is 0.497 e. The first-order chi connectivity index (χ1) is 14.2. The molecule has 1 aliphatic rings.